The topological polar surface area (TPSA) is 66.8 Å². The van der Waals surface area contributed by atoms with Gasteiger partial charge in [-0.2, -0.15) is 10.2 Å². The fourth-order valence-corrected chi connectivity index (χ4v) is 4.75. The van der Waals surface area contributed by atoms with Gasteiger partial charge in [0.1, 0.15) is 0 Å². The van der Waals surface area contributed by atoms with Crippen LogP contribution in [0, 0.1) is 17.6 Å². The predicted octanol–water partition coefficient (Wildman–Crippen LogP) is 4.65. The molecule has 2 aromatic carbocycles. The molecule has 2 aromatic heterocycles. The van der Waals surface area contributed by atoms with Crippen LogP contribution in [-0.2, 0) is 6.54 Å². The highest BCUT2D eigenvalue weighted by atomic mass is 19.2. The molecular weight excluding hydrogens is 412 g/mol. The molecule has 0 bridgehead atoms. The summed E-state index contributed by atoms with van der Waals surface area (Å²) in [6.07, 6.45) is 6.20. The molecule has 1 amide bonds. The van der Waals surface area contributed by atoms with Crippen LogP contribution < -0.4 is 0 Å². The van der Waals surface area contributed by atoms with Gasteiger partial charge in [0.25, 0.3) is 5.91 Å². The number of carbonyl (C=O) groups is 1. The van der Waals surface area contributed by atoms with Gasteiger partial charge in [-0.1, -0.05) is 12.1 Å². The lowest BCUT2D eigenvalue weighted by Gasteiger charge is -2.31. The lowest BCUT2D eigenvalue weighted by atomic mass is 9.96. The van der Waals surface area contributed by atoms with Gasteiger partial charge in [-0.05, 0) is 56.0 Å². The van der Waals surface area contributed by atoms with Crippen molar-refractivity contribution in [2.75, 3.05) is 6.54 Å². The summed E-state index contributed by atoms with van der Waals surface area (Å²) in [6.45, 7) is 5.00. The highest BCUT2D eigenvalue weighted by Crippen LogP contribution is 2.36. The summed E-state index contributed by atoms with van der Waals surface area (Å²) in [6, 6.07) is 9.86. The molecule has 6 nitrogen and oxygen atoms in total. The number of halogens is 2. The molecule has 1 aliphatic rings. The van der Waals surface area contributed by atoms with Gasteiger partial charge in [0.05, 0.1) is 23.5 Å². The number of aromatic nitrogens is 4. The zero-order valence-corrected chi connectivity index (χ0v) is 17.8. The van der Waals surface area contributed by atoms with Crippen molar-refractivity contribution in [2.24, 2.45) is 5.92 Å². The number of fused-ring (bicyclic) bond motifs is 1. The molecular formula is C24H23F2N5O. The Morgan fingerprint density at radius 1 is 1.19 bits per heavy atom. The number of hydrogen-bond acceptors (Lipinski definition) is 3. The lowest BCUT2D eigenvalue weighted by molar-refractivity contribution is 0.0643. The van der Waals surface area contributed by atoms with Gasteiger partial charge in [0, 0.05) is 35.8 Å². The molecule has 8 heteroatoms. The Labute approximate surface area is 183 Å². The van der Waals surface area contributed by atoms with Gasteiger partial charge in [-0.25, -0.2) is 8.78 Å². The summed E-state index contributed by atoms with van der Waals surface area (Å²) in [5.41, 5.74) is 2.38. The zero-order chi connectivity index (χ0) is 22.5. The van der Waals surface area contributed by atoms with Crippen molar-refractivity contribution in [3.63, 3.8) is 0 Å². The monoisotopic (exact) mass is 435 g/mol. The average molecular weight is 435 g/mol. The normalized spacial score (nSPS) is 17.9. The van der Waals surface area contributed by atoms with E-state index < -0.39 is 23.1 Å². The van der Waals surface area contributed by atoms with Crippen LogP contribution in [0.2, 0.25) is 0 Å². The molecule has 0 radical (unpaired) electrons. The summed E-state index contributed by atoms with van der Waals surface area (Å²) in [5.74, 6) is -2.45. The van der Waals surface area contributed by atoms with Crippen molar-refractivity contribution in [3.05, 3.63) is 72.2 Å². The summed E-state index contributed by atoms with van der Waals surface area (Å²) >= 11 is 0. The van der Waals surface area contributed by atoms with Crippen LogP contribution >= 0.6 is 0 Å². The number of aromatic amines is 1. The fourth-order valence-electron chi connectivity index (χ4n) is 4.75. The number of rotatable bonds is 4. The molecule has 1 atom stereocenters. The van der Waals surface area contributed by atoms with E-state index in [4.69, 9.17) is 0 Å². The second-order valence-corrected chi connectivity index (χ2v) is 8.99. The molecule has 4 aromatic rings. The zero-order valence-electron chi connectivity index (χ0n) is 17.8. The summed E-state index contributed by atoms with van der Waals surface area (Å²) in [4.78, 5) is 14.7. The van der Waals surface area contributed by atoms with E-state index in [9.17, 15) is 13.6 Å². The quantitative estimate of drug-likeness (QED) is 0.508. The van der Waals surface area contributed by atoms with Gasteiger partial charge < -0.3 is 4.90 Å². The number of amides is 1. The van der Waals surface area contributed by atoms with E-state index in [1.807, 2.05) is 43.1 Å². The molecule has 1 unspecified atom stereocenters. The van der Waals surface area contributed by atoms with Crippen LogP contribution in [-0.4, -0.2) is 42.9 Å². The van der Waals surface area contributed by atoms with Crippen molar-refractivity contribution in [3.8, 4) is 11.1 Å². The number of likely N-dealkylation sites (tertiary alicyclic amines) is 1. The minimum Gasteiger partial charge on any atom is -0.333 e. The van der Waals surface area contributed by atoms with E-state index in [1.165, 1.54) is 12.1 Å². The highest BCUT2D eigenvalue weighted by molar-refractivity contribution is 5.95. The lowest BCUT2D eigenvalue weighted by Crippen LogP contribution is -2.43. The van der Waals surface area contributed by atoms with Crippen molar-refractivity contribution < 1.29 is 13.6 Å². The van der Waals surface area contributed by atoms with E-state index in [1.54, 1.807) is 11.1 Å². The van der Waals surface area contributed by atoms with E-state index in [2.05, 4.69) is 21.4 Å². The first-order chi connectivity index (χ1) is 15.3. The van der Waals surface area contributed by atoms with Crippen molar-refractivity contribution in [2.45, 2.75) is 32.4 Å². The molecule has 1 fully saturated rings. The number of nitrogens with zero attached hydrogens (tertiary/aromatic N) is 4. The molecule has 5 rings (SSSR count). The standard InChI is InChI=1S/C24H23F2N5O/c1-24(2)9-15(13-30(24)23(32)19-4-3-5-20(25)22(19)26)14-31-21-7-6-16(8-17(21)12-29-31)18-10-27-28-11-18/h3-8,10-12,15H,9,13-14H2,1-2H3,(H,27,28). The minimum absolute atomic E-state index is 0.141. The van der Waals surface area contributed by atoms with Gasteiger partial charge >= 0.3 is 0 Å². The van der Waals surface area contributed by atoms with Crippen LogP contribution in [0.15, 0.2) is 55.0 Å². The Hall–Kier alpha value is -3.55. The second kappa shape index (κ2) is 7.55. The maximum Gasteiger partial charge on any atom is 0.257 e. The minimum atomic E-state index is -1.09. The van der Waals surface area contributed by atoms with Crippen LogP contribution in [0.1, 0.15) is 30.6 Å². The number of benzene rings is 2. The number of nitrogens with one attached hydrogen (secondary N) is 1. The van der Waals surface area contributed by atoms with E-state index in [0.717, 1.165) is 34.5 Å². The third-order valence-corrected chi connectivity index (χ3v) is 6.29. The van der Waals surface area contributed by atoms with Crippen molar-refractivity contribution in [1.82, 2.24) is 24.9 Å². The van der Waals surface area contributed by atoms with Crippen LogP contribution in [0.3, 0.4) is 0 Å². The van der Waals surface area contributed by atoms with Crippen LogP contribution in [0.25, 0.3) is 22.0 Å². The first-order valence-electron chi connectivity index (χ1n) is 10.5. The maximum absolute atomic E-state index is 14.2. The second-order valence-electron chi connectivity index (χ2n) is 8.99. The Bertz CT molecular complexity index is 1300. The summed E-state index contributed by atoms with van der Waals surface area (Å²) < 4.78 is 29.8. The maximum atomic E-state index is 14.2. The predicted molar refractivity (Wildman–Crippen MR) is 117 cm³/mol. The fraction of sp³-hybridized carbons (Fsp3) is 0.292. The molecule has 32 heavy (non-hydrogen) atoms. The Morgan fingerprint density at radius 2 is 2.03 bits per heavy atom. The van der Waals surface area contributed by atoms with Crippen LogP contribution in [0.5, 0.6) is 0 Å². The summed E-state index contributed by atoms with van der Waals surface area (Å²) in [5, 5.41) is 12.4. The molecule has 1 aliphatic heterocycles. The van der Waals surface area contributed by atoms with Crippen molar-refractivity contribution >= 4 is 16.8 Å². The third kappa shape index (κ3) is 3.45. The number of hydrogen-bond donors (Lipinski definition) is 1. The first kappa shape index (κ1) is 20.4. The molecule has 1 N–H and O–H groups in total. The van der Waals surface area contributed by atoms with Gasteiger partial charge in [0.2, 0.25) is 0 Å². The third-order valence-electron chi connectivity index (χ3n) is 6.29. The highest BCUT2D eigenvalue weighted by Gasteiger charge is 2.42. The van der Waals surface area contributed by atoms with Gasteiger partial charge in [-0.3, -0.25) is 14.6 Å². The Balaban J connectivity index is 1.37. The number of H-pyrrole nitrogens is 1. The smallest absolute Gasteiger partial charge is 0.257 e. The number of carbonyl (C=O) groups excluding carboxylic acids is 1. The van der Waals surface area contributed by atoms with E-state index in [-0.39, 0.29) is 11.5 Å². The molecule has 3 heterocycles. The molecule has 0 saturated carbocycles. The van der Waals surface area contributed by atoms with E-state index in [0.29, 0.717) is 13.1 Å². The van der Waals surface area contributed by atoms with Crippen molar-refractivity contribution in [1.29, 1.82) is 0 Å². The van der Waals surface area contributed by atoms with Gasteiger partial charge in [0.15, 0.2) is 11.6 Å². The Kier molecular flexibility index (Phi) is 4.80. The van der Waals surface area contributed by atoms with Crippen LogP contribution in [0.4, 0.5) is 8.78 Å². The van der Waals surface area contributed by atoms with E-state index >= 15 is 0 Å². The molecule has 164 valence electrons. The largest absolute Gasteiger partial charge is 0.333 e. The molecule has 1 saturated heterocycles. The molecule has 0 spiro atoms. The Morgan fingerprint density at radius 3 is 2.81 bits per heavy atom. The first-order valence-corrected chi connectivity index (χ1v) is 10.5. The average Bonchev–Trinajstić information content (AvgIpc) is 3.49. The SMILES string of the molecule is CC1(C)CC(Cn2ncc3cc(-c4cn[nH]c4)ccc32)CN1C(=O)c1cccc(F)c1F. The molecule has 0 aliphatic carbocycles. The summed E-state index contributed by atoms with van der Waals surface area (Å²) in [7, 11) is 0. The van der Waals surface area contributed by atoms with Gasteiger partial charge in [-0.15, -0.1) is 0 Å².